The number of hydrogen-bond acceptors (Lipinski definition) is 1. The topological polar surface area (TPSA) is 37.3 Å². The molecule has 0 bridgehead atoms. The van der Waals surface area contributed by atoms with Crippen molar-refractivity contribution in [3.8, 4) is 0 Å². The number of hydrogen-bond donors (Lipinski definition) is 1. The summed E-state index contributed by atoms with van der Waals surface area (Å²) in [5, 5.41) is 8.58. The van der Waals surface area contributed by atoms with Crippen LogP contribution in [0.3, 0.4) is 0 Å². The quantitative estimate of drug-likeness (QED) is 0.405. The average molecular weight is 300 g/mol. The van der Waals surface area contributed by atoms with E-state index in [0.29, 0.717) is 0 Å². The first-order valence-electron chi connectivity index (χ1n) is 8.40. The van der Waals surface area contributed by atoms with E-state index < -0.39 is 5.97 Å². The molecule has 0 saturated carbocycles. The zero-order valence-corrected chi connectivity index (χ0v) is 13.6. The third-order valence-corrected chi connectivity index (χ3v) is 3.64. The number of carboxylic acids is 1. The van der Waals surface area contributed by atoms with E-state index in [1.165, 1.54) is 44.9 Å². The Morgan fingerprint density at radius 2 is 1.45 bits per heavy atom. The standard InChI is InChI=1S/C20H28O2/c1-2-3-4-5-6-7-8-9-10-11-18-12-14-19(15-13-18)16-17-20(21)22/h10-17H,2-9H2,1H3,(H,21,22)/b11-10-,17-16+. The lowest BCUT2D eigenvalue weighted by molar-refractivity contribution is -0.131. The van der Waals surface area contributed by atoms with Gasteiger partial charge in [0.25, 0.3) is 0 Å². The van der Waals surface area contributed by atoms with Gasteiger partial charge in [0, 0.05) is 6.08 Å². The Bertz CT molecular complexity index is 469. The monoisotopic (exact) mass is 300 g/mol. The molecule has 120 valence electrons. The van der Waals surface area contributed by atoms with Crippen LogP contribution in [0.5, 0.6) is 0 Å². The number of carboxylic acid groups (broad SMARTS) is 1. The van der Waals surface area contributed by atoms with Crippen molar-refractivity contribution < 1.29 is 9.90 Å². The summed E-state index contributed by atoms with van der Waals surface area (Å²) < 4.78 is 0. The first-order chi connectivity index (χ1) is 10.7. The van der Waals surface area contributed by atoms with E-state index in [9.17, 15) is 4.79 Å². The van der Waals surface area contributed by atoms with Crippen LogP contribution >= 0.6 is 0 Å². The predicted octanol–water partition coefficient (Wildman–Crippen LogP) is 5.94. The van der Waals surface area contributed by atoms with E-state index in [4.69, 9.17) is 5.11 Å². The molecule has 0 aliphatic carbocycles. The third kappa shape index (κ3) is 9.17. The van der Waals surface area contributed by atoms with Crippen molar-refractivity contribution in [3.63, 3.8) is 0 Å². The normalized spacial score (nSPS) is 11.5. The Kier molecular flexibility index (Phi) is 9.76. The van der Waals surface area contributed by atoms with E-state index in [1.807, 2.05) is 24.3 Å². The van der Waals surface area contributed by atoms with Gasteiger partial charge in [0.2, 0.25) is 0 Å². The van der Waals surface area contributed by atoms with Crippen LogP contribution in [0.15, 0.2) is 36.4 Å². The van der Waals surface area contributed by atoms with Crippen LogP contribution in [0, 0.1) is 0 Å². The van der Waals surface area contributed by atoms with Crippen LogP contribution in [0.1, 0.15) is 69.4 Å². The summed E-state index contributed by atoms with van der Waals surface area (Å²) in [5.74, 6) is -0.918. The summed E-state index contributed by atoms with van der Waals surface area (Å²) in [5.41, 5.74) is 2.07. The van der Waals surface area contributed by atoms with Crippen LogP contribution in [-0.2, 0) is 4.79 Å². The van der Waals surface area contributed by atoms with E-state index in [2.05, 4.69) is 19.1 Å². The molecule has 1 rings (SSSR count). The van der Waals surface area contributed by atoms with Gasteiger partial charge in [0.15, 0.2) is 0 Å². The average Bonchev–Trinajstić information content (AvgIpc) is 2.52. The highest BCUT2D eigenvalue weighted by Gasteiger charge is 1.92. The first-order valence-corrected chi connectivity index (χ1v) is 8.40. The molecule has 0 spiro atoms. The summed E-state index contributed by atoms with van der Waals surface area (Å²) in [6, 6.07) is 7.91. The molecule has 0 atom stereocenters. The molecule has 1 aromatic rings. The molecule has 1 N–H and O–H groups in total. The molecular formula is C20H28O2. The lowest BCUT2D eigenvalue weighted by Crippen LogP contribution is -1.85. The largest absolute Gasteiger partial charge is 0.478 e. The second kappa shape index (κ2) is 11.8. The molecule has 0 heterocycles. The number of allylic oxidation sites excluding steroid dienone is 1. The molecule has 0 radical (unpaired) electrons. The Hall–Kier alpha value is -1.83. The maximum Gasteiger partial charge on any atom is 0.328 e. The Morgan fingerprint density at radius 3 is 2.05 bits per heavy atom. The number of carbonyl (C=O) groups is 1. The molecule has 0 aliphatic rings. The predicted molar refractivity (Wildman–Crippen MR) is 94.8 cm³/mol. The smallest absolute Gasteiger partial charge is 0.328 e. The minimum absolute atomic E-state index is 0.909. The summed E-state index contributed by atoms with van der Waals surface area (Å²) in [6.45, 7) is 2.25. The minimum atomic E-state index is -0.918. The van der Waals surface area contributed by atoms with Crippen molar-refractivity contribution in [3.05, 3.63) is 47.5 Å². The van der Waals surface area contributed by atoms with Crippen LogP contribution in [0.4, 0.5) is 0 Å². The minimum Gasteiger partial charge on any atom is -0.478 e. The number of rotatable bonds is 11. The fraction of sp³-hybridized carbons (Fsp3) is 0.450. The zero-order valence-electron chi connectivity index (χ0n) is 13.6. The van der Waals surface area contributed by atoms with Gasteiger partial charge in [-0.1, -0.05) is 81.9 Å². The molecule has 2 nitrogen and oxygen atoms in total. The van der Waals surface area contributed by atoms with E-state index >= 15 is 0 Å². The fourth-order valence-electron chi connectivity index (χ4n) is 2.32. The maximum atomic E-state index is 10.4. The van der Waals surface area contributed by atoms with Crippen molar-refractivity contribution >= 4 is 18.1 Å². The molecule has 0 saturated heterocycles. The summed E-state index contributed by atoms with van der Waals surface area (Å²) in [6.07, 6.45) is 17.7. The molecule has 1 aromatic carbocycles. The van der Waals surface area contributed by atoms with Gasteiger partial charge in [-0.3, -0.25) is 0 Å². The van der Waals surface area contributed by atoms with Gasteiger partial charge in [-0.15, -0.1) is 0 Å². The molecule has 0 aliphatic heterocycles. The van der Waals surface area contributed by atoms with Crippen molar-refractivity contribution in [1.82, 2.24) is 0 Å². The lowest BCUT2D eigenvalue weighted by atomic mass is 10.1. The highest BCUT2D eigenvalue weighted by Crippen LogP contribution is 2.11. The Labute approximate surface area is 134 Å². The summed E-state index contributed by atoms with van der Waals surface area (Å²) in [4.78, 5) is 10.4. The van der Waals surface area contributed by atoms with Crippen molar-refractivity contribution in [2.75, 3.05) is 0 Å². The second-order valence-corrected chi connectivity index (χ2v) is 5.65. The Balaban J connectivity index is 2.19. The Morgan fingerprint density at radius 1 is 0.909 bits per heavy atom. The van der Waals surface area contributed by atoms with Crippen molar-refractivity contribution in [1.29, 1.82) is 0 Å². The van der Waals surface area contributed by atoms with Crippen LogP contribution in [0.25, 0.3) is 12.2 Å². The molecule has 0 amide bonds. The van der Waals surface area contributed by atoms with Crippen LogP contribution in [-0.4, -0.2) is 11.1 Å². The lowest BCUT2D eigenvalue weighted by Gasteiger charge is -1.99. The highest BCUT2D eigenvalue weighted by atomic mass is 16.4. The maximum absolute atomic E-state index is 10.4. The van der Waals surface area contributed by atoms with Gasteiger partial charge in [0.05, 0.1) is 0 Å². The molecular weight excluding hydrogens is 272 g/mol. The van der Waals surface area contributed by atoms with E-state index in [-0.39, 0.29) is 0 Å². The molecule has 2 heteroatoms. The molecule has 0 aromatic heterocycles. The number of aliphatic carboxylic acids is 1. The van der Waals surface area contributed by atoms with Crippen molar-refractivity contribution in [2.24, 2.45) is 0 Å². The summed E-state index contributed by atoms with van der Waals surface area (Å²) >= 11 is 0. The highest BCUT2D eigenvalue weighted by molar-refractivity contribution is 5.85. The van der Waals surface area contributed by atoms with Gasteiger partial charge in [-0.2, -0.15) is 0 Å². The van der Waals surface area contributed by atoms with Gasteiger partial charge >= 0.3 is 5.97 Å². The molecule has 22 heavy (non-hydrogen) atoms. The van der Waals surface area contributed by atoms with Gasteiger partial charge in [0.1, 0.15) is 0 Å². The second-order valence-electron chi connectivity index (χ2n) is 5.65. The van der Waals surface area contributed by atoms with E-state index in [1.54, 1.807) is 6.08 Å². The summed E-state index contributed by atoms with van der Waals surface area (Å²) in [7, 11) is 0. The first kappa shape index (κ1) is 18.2. The number of unbranched alkanes of at least 4 members (excludes halogenated alkanes) is 7. The van der Waals surface area contributed by atoms with Crippen molar-refractivity contribution in [2.45, 2.75) is 58.3 Å². The SMILES string of the molecule is CCCCCCCCC/C=C\c1ccc(/C=C/C(=O)O)cc1. The third-order valence-electron chi connectivity index (χ3n) is 3.64. The van der Waals surface area contributed by atoms with E-state index in [0.717, 1.165) is 23.6 Å². The molecule has 0 unspecified atom stereocenters. The molecule has 0 fully saturated rings. The number of benzene rings is 1. The van der Waals surface area contributed by atoms with Gasteiger partial charge < -0.3 is 5.11 Å². The van der Waals surface area contributed by atoms with Gasteiger partial charge in [-0.05, 0) is 30.0 Å². The zero-order chi connectivity index (χ0) is 16.0. The fourth-order valence-corrected chi connectivity index (χ4v) is 2.32. The van der Waals surface area contributed by atoms with Crippen LogP contribution < -0.4 is 0 Å². The van der Waals surface area contributed by atoms with Gasteiger partial charge in [-0.25, -0.2) is 4.79 Å². The van der Waals surface area contributed by atoms with Crippen LogP contribution in [0.2, 0.25) is 0 Å².